The SMILES string of the molecule is CCCCC(=O)N(Cc1ccco1)Cc1cc(Cl)ccc1N(CC)S(=O)(=O)c1ccc2oc(C(=O)O)c(C)c2c1. The van der Waals surface area contributed by atoms with E-state index >= 15 is 0 Å². The first-order valence-corrected chi connectivity index (χ1v) is 14.8. The Morgan fingerprint density at radius 3 is 2.48 bits per heavy atom. The molecule has 2 aromatic carbocycles. The van der Waals surface area contributed by atoms with Gasteiger partial charge < -0.3 is 18.8 Å². The van der Waals surface area contributed by atoms with Crippen molar-refractivity contribution in [1.29, 1.82) is 0 Å². The highest BCUT2D eigenvalue weighted by Crippen LogP contribution is 2.33. The van der Waals surface area contributed by atoms with Crippen molar-refractivity contribution in [2.24, 2.45) is 0 Å². The second-order valence-corrected chi connectivity index (χ2v) is 11.7. The van der Waals surface area contributed by atoms with Gasteiger partial charge in [-0.3, -0.25) is 9.10 Å². The summed E-state index contributed by atoms with van der Waals surface area (Å²) < 4.78 is 40.1. The molecule has 11 heteroatoms. The number of benzene rings is 2. The van der Waals surface area contributed by atoms with E-state index in [4.69, 9.17) is 20.4 Å². The summed E-state index contributed by atoms with van der Waals surface area (Å²) >= 11 is 6.35. The van der Waals surface area contributed by atoms with Crippen LogP contribution >= 0.6 is 11.6 Å². The first-order valence-electron chi connectivity index (χ1n) is 12.9. The van der Waals surface area contributed by atoms with Gasteiger partial charge in [0, 0.05) is 35.5 Å². The number of amides is 1. The van der Waals surface area contributed by atoms with Gasteiger partial charge in [0.15, 0.2) is 0 Å². The van der Waals surface area contributed by atoms with E-state index in [0.717, 1.165) is 12.8 Å². The summed E-state index contributed by atoms with van der Waals surface area (Å²) in [6.07, 6.45) is 3.48. The summed E-state index contributed by atoms with van der Waals surface area (Å²) in [6, 6.07) is 12.7. The molecule has 2 aromatic heterocycles. The van der Waals surface area contributed by atoms with E-state index in [2.05, 4.69) is 0 Å². The van der Waals surface area contributed by atoms with Crippen molar-refractivity contribution in [1.82, 2.24) is 4.90 Å². The minimum atomic E-state index is -4.10. The molecule has 40 heavy (non-hydrogen) atoms. The number of aryl methyl sites for hydroxylation is 1. The molecule has 4 aromatic rings. The van der Waals surface area contributed by atoms with Crippen LogP contribution in [0.15, 0.2) is 68.5 Å². The Kier molecular flexibility index (Phi) is 8.90. The van der Waals surface area contributed by atoms with Crippen LogP contribution in [0.1, 0.15) is 60.6 Å². The maximum atomic E-state index is 14.0. The van der Waals surface area contributed by atoms with E-state index < -0.39 is 16.0 Å². The number of hydrogen-bond donors (Lipinski definition) is 1. The van der Waals surface area contributed by atoms with Crippen LogP contribution in [0.3, 0.4) is 0 Å². The molecule has 9 nitrogen and oxygen atoms in total. The zero-order valence-corrected chi connectivity index (χ0v) is 24.1. The molecule has 0 bridgehead atoms. The lowest BCUT2D eigenvalue weighted by atomic mass is 10.1. The minimum absolute atomic E-state index is 0.0185. The molecule has 0 aliphatic rings. The zero-order chi connectivity index (χ0) is 29.0. The standard InChI is InChI=1S/C29H31ClN2O7S/c1-4-6-9-27(33)31(18-22-8-7-14-38-22)17-20-15-21(30)10-12-25(20)32(5-2)40(36,37)23-11-13-26-24(16-23)19(3)28(39-26)29(34)35/h7-8,10-16H,4-6,9,17-18H2,1-3H3,(H,34,35). The Bertz CT molecular complexity index is 1630. The van der Waals surface area contributed by atoms with Crippen molar-refractivity contribution in [2.75, 3.05) is 10.8 Å². The predicted octanol–water partition coefficient (Wildman–Crippen LogP) is 6.62. The summed E-state index contributed by atoms with van der Waals surface area (Å²) in [6.45, 7) is 5.74. The van der Waals surface area contributed by atoms with Gasteiger partial charge in [0.1, 0.15) is 11.3 Å². The second kappa shape index (κ2) is 12.2. The second-order valence-electron chi connectivity index (χ2n) is 9.39. The fourth-order valence-electron chi connectivity index (χ4n) is 4.60. The van der Waals surface area contributed by atoms with Gasteiger partial charge in [0.05, 0.1) is 23.4 Å². The van der Waals surface area contributed by atoms with Crippen LogP contribution in [0.2, 0.25) is 5.02 Å². The molecule has 1 amide bonds. The topological polar surface area (TPSA) is 121 Å². The highest BCUT2D eigenvalue weighted by molar-refractivity contribution is 7.92. The maximum Gasteiger partial charge on any atom is 0.372 e. The molecule has 0 aliphatic heterocycles. The van der Waals surface area contributed by atoms with Gasteiger partial charge in [-0.25, -0.2) is 13.2 Å². The molecule has 0 spiro atoms. The number of nitrogens with zero attached hydrogens (tertiary/aromatic N) is 2. The number of unbranched alkanes of at least 4 members (excludes halogenated alkanes) is 1. The largest absolute Gasteiger partial charge is 0.475 e. The van der Waals surface area contributed by atoms with Crippen molar-refractivity contribution in [3.05, 3.63) is 82.5 Å². The number of hydrogen-bond acceptors (Lipinski definition) is 6. The van der Waals surface area contributed by atoms with Crippen molar-refractivity contribution >= 4 is 50.2 Å². The van der Waals surface area contributed by atoms with Gasteiger partial charge in [-0.15, -0.1) is 0 Å². The molecule has 4 rings (SSSR count). The average Bonchev–Trinajstić information content (AvgIpc) is 3.55. The first-order chi connectivity index (χ1) is 19.1. The number of fused-ring (bicyclic) bond motifs is 1. The average molecular weight is 587 g/mol. The molecule has 0 saturated carbocycles. The van der Waals surface area contributed by atoms with Gasteiger partial charge in [-0.2, -0.15) is 0 Å². The molecule has 212 valence electrons. The first kappa shape index (κ1) is 29.2. The Morgan fingerprint density at radius 2 is 1.82 bits per heavy atom. The van der Waals surface area contributed by atoms with Crippen LogP contribution in [0.4, 0.5) is 5.69 Å². The summed E-state index contributed by atoms with van der Waals surface area (Å²) in [7, 11) is -4.10. The number of anilines is 1. The zero-order valence-electron chi connectivity index (χ0n) is 22.5. The van der Waals surface area contributed by atoms with Crippen molar-refractivity contribution in [3.63, 3.8) is 0 Å². The molecule has 0 aliphatic carbocycles. The fraction of sp³-hybridized carbons (Fsp3) is 0.310. The third kappa shape index (κ3) is 6.03. The molecule has 0 atom stereocenters. The van der Waals surface area contributed by atoms with E-state index in [1.165, 1.54) is 28.8 Å². The number of carboxylic acid groups (broad SMARTS) is 1. The highest BCUT2D eigenvalue weighted by Gasteiger charge is 2.28. The normalized spacial score (nSPS) is 11.6. The molecular formula is C29H31ClN2O7S. The number of aromatic carboxylic acids is 1. The lowest BCUT2D eigenvalue weighted by Gasteiger charge is -2.28. The number of carbonyl (C=O) groups excluding carboxylic acids is 1. The highest BCUT2D eigenvalue weighted by atomic mass is 35.5. The summed E-state index contributed by atoms with van der Waals surface area (Å²) in [5.74, 6) is -0.934. The van der Waals surface area contributed by atoms with Crippen LogP contribution < -0.4 is 4.31 Å². The third-order valence-electron chi connectivity index (χ3n) is 6.67. The summed E-state index contributed by atoms with van der Waals surface area (Å²) in [5, 5.41) is 10.2. The number of furan rings is 2. The number of carbonyl (C=O) groups is 2. The van der Waals surface area contributed by atoms with Gasteiger partial charge in [0.25, 0.3) is 10.0 Å². The molecule has 0 radical (unpaired) electrons. The van der Waals surface area contributed by atoms with Gasteiger partial charge >= 0.3 is 5.97 Å². The monoisotopic (exact) mass is 586 g/mol. The van der Waals surface area contributed by atoms with Crippen LogP contribution in [0.25, 0.3) is 11.0 Å². The quantitative estimate of drug-likeness (QED) is 0.198. The van der Waals surface area contributed by atoms with Crippen LogP contribution in [-0.4, -0.2) is 36.8 Å². The van der Waals surface area contributed by atoms with E-state index in [9.17, 15) is 23.1 Å². The third-order valence-corrected chi connectivity index (χ3v) is 8.79. The molecule has 0 saturated heterocycles. The van der Waals surface area contributed by atoms with E-state index in [1.54, 1.807) is 49.1 Å². The lowest BCUT2D eigenvalue weighted by Crippen LogP contribution is -2.34. The smallest absolute Gasteiger partial charge is 0.372 e. The molecule has 0 fully saturated rings. The van der Waals surface area contributed by atoms with Crippen molar-refractivity contribution in [3.8, 4) is 0 Å². The van der Waals surface area contributed by atoms with Crippen LogP contribution in [-0.2, 0) is 27.9 Å². The summed E-state index contributed by atoms with van der Waals surface area (Å²) in [4.78, 5) is 26.3. The summed E-state index contributed by atoms with van der Waals surface area (Å²) in [5.41, 5.74) is 1.56. The van der Waals surface area contributed by atoms with Crippen LogP contribution in [0, 0.1) is 6.92 Å². The van der Waals surface area contributed by atoms with Crippen molar-refractivity contribution in [2.45, 2.75) is 58.0 Å². The molecule has 2 heterocycles. The molecular weight excluding hydrogens is 556 g/mol. The Labute approximate surface area is 238 Å². The Balaban J connectivity index is 1.74. The Hall–Kier alpha value is -3.76. The number of halogens is 1. The fourth-order valence-corrected chi connectivity index (χ4v) is 6.33. The van der Waals surface area contributed by atoms with Gasteiger partial charge in [-0.05, 0) is 74.4 Å². The predicted molar refractivity (Wildman–Crippen MR) is 152 cm³/mol. The lowest BCUT2D eigenvalue weighted by molar-refractivity contribution is -0.132. The van der Waals surface area contributed by atoms with E-state index in [1.807, 2.05) is 6.92 Å². The number of rotatable bonds is 12. The van der Waals surface area contributed by atoms with Crippen molar-refractivity contribution < 1.29 is 31.9 Å². The van der Waals surface area contributed by atoms with Gasteiger partial charge in [-0.1, -0.05) is 24.9 Å². The van der Waals surface area contributed by atoms with E-state index in [0.29, 0.717) is 39.4 Å². The number of carboxylic acids is 1. The molecule has 0 unspecified atom stereocenters. The number of sulfonamides is 1. The molecule has 1 N–H and O–H groups in total. The maximum absolute atomic E-state index is 14.0. The van der Waals surface area contributed by atoms with E-state index in [-0.39, 0.29) is 41.8 Å². The van der Waals surface area contributed by atoms with Crippen LogP contribution in [0.5, 0.6) is 0 Å². The van der Waals surface area contributed by atoms with Gasteiger partial charge in [0.2, 0.25) is 11.7 Å². The Morgan fingerprint density at radius 1 is 1.05 bits per heavy atom. The minimum Gasteiger partial charge on any atom is -0.475 e.